The van der Waals surface area contributed by atoms with Crippen LogP contribution in [0.2, 0.25) is 18.1 Å². The van der Waals surface area contributed by atoms with Crippen molar-refractivity contribution in [3.63, 3.8) is 0 Å². The minimum atomic E-state index is -1.51. The summed E-state index contributed by atoms with van der Waals surface area (Å²) in [5, 5.41) is 10.2. The van der Waals surface area contributed by atoms with Crippen LogP contribution in [0.1, 0.15) is 74.5 Å². The molecule has 5 heteroatoms. The van der Waals surface area contributed by atoms with Crippen molar-refractivity contribution in [3.05, 3.63) is 70.5 Å². The minimum Gasteiger partial charge on any atom is -0.380 e. The second-order valence-electron chi connectivity index (χ2n) is 9.41. The molecule has 1 nitrogen and oxygen atoms in total. The molecule has 0 aromatic heterocycles. The van der Waals surface area contributed by atoms with Crippen molar-refractivity contribution >= 4 is 8.80 Å². The Bertz CT molecular complexity index is 917. The molecule has 0 amide bonds. The number of halogens is 3. The normalized spacial score (nSPS) is 19.1. The van der Waals surface area contributed by atoms with Crippen molar-refractivity contribution in [2.75, 3.05) is 0 Å². The second kappa shape index (κ2) is 13.0. The number of aliphatic hydroxyl groups excluding tert-OH is 1. The Morgan fingerprint density at radius 1 is 0.970 bits per heavy atom. The molecule has 1 fully saturated rings. The Labute approximate surface area is 198 Å². The third-order valence-electron chi connectivity index (χ3n) is 6.81. The van der Waals surface area contributed by atoms with Crippen LogP contribution in [0.15, 0.2) is 36.4 Å². The maximum Gasteiger partial charge on any atom is 0.194 e. The number of unbranched alkanes of at least 4 members (excludes halogenated alkanes) is 4. The van der Waals surface area contributed by atoms with E-state index in [0.717, 1.165) is 17.7 Å². The molecule has 0 radical (unpaired) electrons. The van der Waals surface area contributed by atoms with Crippen LogP contribution >= 0.6 is 0 Å². The molecule has 2 aromatic rings. The van der Waals surface area contributed by atoms with E-state index in [-0.39, 0.29) is 5.56 Å². The van der Waals surface area contributed by atoms with Crippen LogP contribution in [0.3, 0.4) is 0 Å². The lowest BCUT2D eigenvalue weighted by Crippen LogP contribution is -2.20. The van der Waals surface area contributed by atoms with Gasteiger partial charge in [0.2, 0.25) is 0 Å². The predicted molar refractivity (Wildman–Crippen MR) is 132 cm³/mol. The molecule has 0 aliphatic carbocycles. The fourth-order valence-corrected chi connectivity index (χ4v) is 8.30. The van der Waals surface area contributed by atoms with Crippen LogP contribution in [0.5, 0.6) is 0 Å². The summed E-state index contributed by atoms with van der Waals surface area (Å²) in [4.78, 5) is 0. The van der Waals surface area contributed by atoms with Gasteiger partial charge in [-0.1, -0.05) is 93.3 Å². The quantitative estimate of drug-likeness (QED) is 0.178. The van der Waals surface area contributed by atoms with Gasteiger partial charge in [-0.05, 0) is 42.0 Å². The van der Waals surface area contributed by atoms with Gasteiger partial charge in [-0.3, -0.25) is 0 Å². The van der Waals surface area contributed by atoms with Crippen molar-refractivity contribution in [2.24, 2.45) is 0 Å². The van der Waals surface area contributed by atoms with Crippen LogP contribution in [-0.2, 0) is 6.42 Å². The molecule has 1 heterocycles. The van der Waals surface area contributed by atoms with E-state index in [1.807, 2.05) is 12.1 Å². The highest BCUT2D eigenvalue weighted by atomic mass is 28.3. The van der Waals surface area contributed by atoms with Gasteiger partial charge in [-0.2, -0.15) is 0 Å². The molecule has 2 aromatic carbocycles. The monoisotopic (exact) mass is 472 g/mol. The van der Waals surface area contributed by atoms with Gasteiger partial charge >= 0.3 is 0 Å². The van der Waals surface area contributed by atoms with Crippen molar-refractivity contribution in [3.8, 4) is 11.8 Å². The largest absolute Gasteiger partial charge is 0.380 e. The van der Waals surface area contributed by atoms with Crippen LogP contribution in [0.4, 0.5) is 13.2 Å². The maximum atomic E-state index is 13.3. The highest BCUT2D eigenvalue weighted by Crippen LogP contribution is 2.35. The standard InChI is InChI=1S/C28H35F3OSi/c1-2-3-4-5-6-15-33-16-13-24(14-17-33)23-10-7-21(8-11-23)18-25(32)12-9-22-19-26(29)28(31)27(30)20-22/h7-8,10-11,19-20,24-25,32-33H,2-6,13-18H2,1H3/t24-,25?,33-. The highest BCUT2D eigenvalue weighted by molar-refractivity contribution is 6.59. The molecule has 33 heavy (non-hydrogen) atoms. The molecule has 1 N–H and O–H groups in total. The Kier molecular flexibility index (Phi) is 10.1. The SMILES string of the molecule is CCCCCCC[Si@H]1CC[C@H](c2ccc(CC(O)C#Cc3cc(F)c(F)c(F)c3)cc2)CC1. The van der Waals surface area contributed by atoms with E-state index in [2.05, 4.69) is 30.9 Å². The van der Waals surface area contributed by atoms with E-state index in [4.69, 9.17) is 0 Å². The summed E-state index contributed by atoms with van der Waals surface area (Å²) in [6.07, 6.45) is 8.92. The summed E-state index contributed by atoms with van der Waals surface area (Å²) in [7, 11) is -0.529. The lowest BCUT2D eigenvalue weighted by molar-refractivity contribution is 0.233. The van der Waals surface area contributed by atoms with Gasteiger partial charge in [0.15, 0.2) is 17.5 Å². The Morgan fingerprint density at radius 3 is 2.24 bits per heavy atom. The fourth-order valence-electron chi connectivity index (χ4n) is 4.82. The van der Waals surface area contributed by atoms with Crippen LogP contribution in [-0.4, -0.2) is 20.0 Å². The third kappa shape index (κ3) is 8.05. The van der Waals surface area contributed by atoms with Crippen molar-refractivity contribution in [1.29, 1.82) is 0 Å². The lowest BCUT2D eigenvalue weighted by Gasteiger charge is -2.28. The first-order valence-corrected chi connectivity index (χ1v) is 14.8. The smallest absolute Gasteiger partial charge is 0.194 e. The molecule has 1 unspecified atom stereocenters. The van der Waals surface area contributed by atoms with Crippen molar-refractivity contribution in [1.82, 2.24) is 0 Å². The van der Waals surface area contributed by atoms with Gasteiger partial charge in [-0.15, -0.1) is 0 Å². The summed E-state index contributed by atoms with van der Waals surface area (Å²) in [6, 6.07) is 14.5. The summed E-state index contributed by atoms with van der Waals surface area (Å²) in [5.41, 5.74) is 2.35. The molecule has 1 atom stereocenters. The molecule has 1 saturated heterocycles. The van der Waals surface area contributed by atoms with E-state index in [9.17, 15) is 18.3 Å². The molecule has 3 rings (SSSR count). The molecule has 178 valence electrons. The minimum absolute atomic E-state index is 0.000843. The second-order valence-corrected chi connectivity index (χ2v) is 12.9. The zero-order valence-electron chi connectivity index (χ0n) is 19.6. The topological polar surface area (TPSA) is 20.2 Å². The van der Waals surface area contributed by atoms with Gasteiger partial charge in [0.05, 0.1) is 0 Å². The molecule has 0 bridgehead atoms. The number of hydrogen-bond acceptors (Lipinski definition) is 1. The summed E-state index contributed by atoms with van der Waals surface area (Å²) in [6.45, 7) is 2.27. The average molecular weight is 473 g/mol. The Morgan fingerprint density at radius 2 is 1.61 bits per heavy atom. The van der Waals surface area contributed by atoms with E-state index < -0.39 is 32.4 Å². The third-order valence-corrected chi connectivity index (χ3v) is 10.3. The number of benzene rings is 2. The first kappa shape index (κ1) is 25.6. The number of rotatable bonds is 9. The van der Waals surface area contributed by atoms with E-state index >= 15 is 0 Å². The first-order valence-electron chi connectivity index (χ1n) is 12.4. The van der Waals surface area contributed by atoms with Gasteiger partial charge in [0, 0.05) is 20.8 Å². The molecular weight excluding hydrogens is 437 g/mol. The molecule has 1 aliphatic heterocycles. The number of hydrogen-bond donors (Lipinski definition) is 1. The summed E-state index contributed by atoms with van der Waals surface area (Å²) in [5.74, 6) is 1.67. The van der Waals surface area contributed by atoms with E-state index in [0.29, 0.717) is 12.3 Å². The molecular formula is C28H35F3OSi. The first-order chi connectivity index (χ1) is 16.0. The predicted octanol–water partition coefficient (Wildman–Crippen LogP) is 7.13. The van der Waals surface area contributed by atoms with E-state index in [1.165, 1.54) is 68.6 Å². The molecule has 0 saturated carbocycles. The average Bonchev–Trinajstić information content (AvgIpc) is 2.82. The van der Waals surface area contributed by atoms with Crippen molar-refractivity contribution < 1.29 is 18.3 Å². The Hall–Kier alpha value is -2.03. The Balaban J connectivity index is 1.45. The summed E-state index contributed by atoms with van der Waals surface area (Å²) < 4.78 is 39.6. The van der Waals surface area contributed by atoms with Crippen molar-refractivity contribution in [2.45, 2.75) is 88.4 Å². The van der Waals surface area contributed by atoms with Gasteiger partial charge in [-0.25, -0.2) is 13.2 Å². The van der Waals surface area contributed by atoms with Crippen LogP contribution in [0, 0.1) is 29.3 Å². The zero-order chi connectivity index (χ0) is 23.6. The van der Waals surface area contributed by atoms with Gasteiger partial charge < -0.3 is 5.11 Å². The number of aliphatic hydroxyl groups is 1. The van der Waals surface area contributed by atoms with Crippen LogP contribution < -0.4 is 0 Å². The highest BCUT2D eigenvalue weighted by Gasteiger charge is 2.23. The molecule has 1 aliphatic rings. The fraction of sp³-hybridized carbons (Fsp3) is 0.500. The summed E-state index contributed by atoms with van der Waals surface area (Å²) >= 11 is 0. The molecule has 0 spiro atoms. The van der Waals surface area contributed by atoms with Gasteiger partial charge in [0.25, 0.3) is 0 Å². The van der Waals surface area contributed by atoms with Crippen LogP contribution in [0.25, 0.3) is 0 Å². The zero-order valence-corrected chi connectivity index (χ0v) is 20.7. The van der Waals surface area contributed by atoms with Gasteiger partial charge in [0.1, 0.15) is 6.10 Å². The maximum absolute atomic E-state index is 13.3. The van der Waals surface area contributed by atoms with E-state index in [1.54, 1.807) is 0 Å². The lowest BCUT2D eigenvalue weighted by atomic mass is 9.92.